The van der Waals surface area contributed by atoms with Crippen LogP contribution in [0.25, 0.3) is 31.6 Å². The first-order valence-corrected chi connectivity index (χ1v) is 10.0. The standard InChI is InChI=1S/C22H22N2O2S/c23-10-4-3-6-16-17-11-14(12-21(25)26)8-9-18(17)24-22(16)20-13-15-5-1-2-7-19(15)27-20/h1-2,5,7-9,11,13,24H,3-4,6,10,12,23H2,(H,25,26). The van der Waals surface area contributed by atoms with Gasteiger partial charge in [-0.25, -0.2) is 0 Å². The van der Waals surface area contributed by atoms with Crippen LogP contribution < -0.4 is 5.73 Å². The Morgan fingerprint density at radius 3 is 2.74 bits per heavy atom. The summed E-state index contributed by atoms with van der Waals surface area (Å²) in [4.78, 5) is 15.9. The lowest BCUT2D eigenvalue weighted by Crippen LogP contribution is -2.00. The molecule has 2 heterocycles. The number of carbonyl (C=O) groups is 1. The van der Waals surface area contributed by atoms with Crippen LogP contribution in [0.4, 0.5) is 0 Å². The summed E-state index contributed by atoms with van der Waals surface area (Å²) in [6.45, 7) is 0.685. The van der Waals surface area contributed by atoms with Crippen LogP contribution in [0.15, 0.2) is 48.5 Å². The predicted molar refractivity (Wildman–Crippen MR) is 112 cm³/mol. The van der Waals surface area contributed by atoms with E-state index in [2.05, 4.69) is 35.3 Å². The number of carboxylic acid groups (broad SMARTS) is 1. The Kier molecular flexibility index (Phi) is 4.97. The van der Waals surface area contributed by atoms with Gasteiger partial charge in [0.05, 0.1) is 17.0 Å². The molecule has 0 fully saturated rings. The Morgan fingerprint density at radius 2 is 1.96 bits per heavy atom. The van der Waals surface area contributed by atoms with Crippen molar-refractivity contribution in [3.05, 3.63) is 59.7 Å². The van der Waals surface area contributed by atoms with Gasteiger partial charge in [0.25, 0.3) is 0 Å². The topological polar surface area (TPSA) is 79.1 Å². The molecule has 27 heavy (non-hydrogen) atoms. The number of carboxylic acids is 1. The van der Waals surface area contributed by atoms with Crippen LogP contribution in [0.2, 0.25) is 0 Å². The number of hydrogen-bond donors (Lipinski definition) is 3. The Hall–Kier alpha value is -2.63. The van der Waals surface area contributed by atoms with Crippen LogP contribution in [0.3, 0.4) is 0 Å². The molecule has 2 aromatic carbocycles. The van der Waals surface area contributed by atoms with Crippen molar-refractivity contribution in [2.75, 3.05) is 6.54 Å². The molecule has 0 amide bonds. The highest BCUT2D eigenvalue weighted by atomic mass is 32.1. The van der Waals surface area contributed by atoms with Crippen molar-refractivity contribution in [3.63, 3.8) is 0 Å². The molecule has 0 aliphatic carbocycles. The molecule has 0 unspecified atom stereocenters. The van der Waals surface area contributed by atoms with E-state index in [-0.39, 0.29) is 6.42 Å². The fourth-order valence-corrected chi connectivity index (χ4v) is 4.69. The van der Waals surface area contributed by atoms with Crippen LogP contribution in [0.1, 0.15) is 24.0 Å². The molecule has 2 aromatic heterocycles. The fraction of sp³-hybridized carbons (Fsp3) is 0.227. The maximum absolute atomic E-state index is 11.1. The van der Waals surface area contributed by atoms with Crippen LogP contribution in [0, 0.1) is 0 Å². The third-order valence-corrected chi connectivity index (χ3v) is 6.01. The van der Waals surface area contributed by atoms with Crippen LogP contribution in [-0.2, 0) is 17.6 Å². The monoisotopic (exact) mass is 378 g/mol. The van der Waals surface area contributed by atoms with Crippen LogP contribution in [-0.4, -0.2) is 22.6 Å². The minimum atomic E-state index is -0.806. The molecule has 138 valence electrons. The highest BCUT2D eigenvalue weighted by Crippen LogP contribution is 2.38. The molecule has 4 rings (SSSR count). The summed E-state index contributed by atoms with van der Waals surface area (Å²) in [6, 6.07) is 16.5. The van der Waals surface area contributed by atoms with Crippen molar-refractivity contribution >= 4 is 38.3 Å². The molecular formula is C22H22N2O2S. The molecule has 0 spiro atoms. The zero-order chi connectivity index (χ0) is 18.8. The van der Waals surface area contributed by atoms with Crippen molar-refractivity contribution in [1.82, 2.24) is 4.98 Å². The Balaban J connectivity index is 1.84. The van der Waals surface area contributed by atoms with E-state index in [0.717, 1.165) is 41.4 Å². The number of thiophene rings is 1. The molecule has 0 radical (unpaired) electrons. The molecule has 0 aliphatic heterocycles. The molecule has 0 bridgehead atoms. The Labute approximate surface area is 161 Å². The number of hydrogen-bond acceptors (Lipinski definition) is 3. The first kappa shape index (κ1) is 17.8. The second-order valence-corrected chi connectivity index (χ2v) is 7.91. The summed E-state index contributed by atoms with van der Waals surface area (Å²) in [6.07, 6.45) is 2.97. The molecule has 4 N–H and O–H groups in total. The van der Waals surface area contributed by atoms with Crippen molar-refractivity contribution in [2.45, 2.75) is 25.7 Å². The molecule has 0 aliphatic rings. The predicted octanol–water partition coefficient (Wildman–Crippen LogP) is 4.96. The van der Waals surface area contributed by atoms with Crippen molar-refractivity contribution < 1.29 is 9.90 Å². The van der Waals surface area contributed by atoms with Gasteiger partial charge in [0.1, 0.15) is 0 Å². The van der Waals surface area contributed by atoms with Crippen LogP contribution in [0.5, 0.6) is 0 Å². The molecular weight excluding hydrogens is 356 g/mol. The van der Waals surface area contributed by atoms with E-state index in [1.807, 2.05) is 18.2 Å². The van der Waals surface area contributed by atoms with Gasteiger partial charge in [0.2, 0.25) is 0 Å². The van der Waals surface area contributed by atoms with Crippen molar-refractivity contribution in [1.29, 1.82) is 0 Å². The van der Waals surface area contributed by atoms with Gasteiger partial charge in [-0.1, -0.05) is 24.3 Å². The Morgan fingerprint density at radius 1 is 1.11 bits per heavy atom. The highest BCUT2D eigenvalue weighted by molar-refractivity contribution is 7.22. The van der Waals surface area contributed by atoms with E-state index in [1.54, 1.807) is 11.3 Å². The van der Waals surface area contributed by atoms with E-state index in [1.165, 1.54) is 20.5 Å². The normalized spacial score (nSPS) is 11.4. The van der Waals surface area contributed by atoms with Gasteiger partial charge in [-0.05, 0) is 66.6 Å². The molecule has 0 saturated carbocycles. The minimum Gasteiger partial charge on any atom is -0.481 e. The second-order valence-electron chi connectivity index (χ2n) is 6.82. The summed E-state index contributed by atoms with van der Waals surface area (Å²) in [7, 11) is 0. The Bertz CT molecular complexity index is 1080. The quantitative estimate of drug-likeness (QED) is 0.398. The van der Waals surface area contributed by atoms with Gasteiger partial charge >= 0.3 is 5.97 Å². The summed E-state index contributed by atoms with van der Waals surface area (Å²) >= 11 is 1.78. The third-order valence-electron chi connectivity index (χ3n) is 4.88. The number of aryl methyl sites for hydroxylation is 1. The number of nitrogens with two attached hydrogens (primary N) is 1. The number of unbranched alkanes of at least 4 members (excludes halogenated alkanes) is 1. The number of fused-ring (bicyclic) bond motifs is 2. The number of benzene rings is 2. The lowest BCUT2D eigenvalue weighted by molar-refractivity contribution is -0.136. The van der Waals surface area contributed by atoms with Gasteiger partial charge in [-0.3, -0.25) is 4.79 Å². The number of nitrogens with one attached hydrogen (secondary N) is 1. The summed E-state index contributed by atoms with van der Waals surface area (Å²) in [5, 5.41) is 11.5. The maximum Gasteiger partial charge on any atom is 0.307 e. The van der Waals surface area contributed by atoms with E-state index >= 15 is 0 Å². The maximum atomic E-state index is 11.1. The van der Waals surface area contributed by atoms with Crippen molar-refractivity contribution in [3.8, 4) is 10.6 Å². The minimum absolute atomic E-state index is 0.0432. The first-order valence-electron chi connectivity index (χ1n) is 9.20. The average Bonchev–Trinajstić information content (AvgIpc) is 3.22. The average molecular weight is 378 g/mol. The zero-order valence-corrected chi connectivity index (χ0v) is 15.8. The number of aromatic nitrogens is 1. The molecule has 4 aromatic rings. The zero-order valence-electron chi connectivity index (χ0n) is 15.0. The van der Waals surface area contributed by atoms with E-state index in [9.17, 15) is 4.79 Å². The summed E-state index contributed by atoms with van der Waals surface area (Å²) in [5.74, 6) is -0.806. The number of aromatic amines is 1. The summed E-state index contributed by atoms with van der Waals surface area (Å²) < 4.78 is 1.27. The van der Waals surface area contributed by atoms with E-state index in [4.69, 9.17) is 10.8 Å². The number of aliphatic carboxylic acids is 1. The number of H-pyrrole nitrogens is 1. The van der Waals surface area contributed by atoms with Gasteiger partial charge in [0.15, 0.2) is 0 Å². The molecule has 5 heteroatoms. The second kappa shape index (κ2) is 7.55. The highest BCUT2D eigenvalue weighted by Gasteiger charge is 2.16. The smallest absolute Gasteiger partial charge is 0.307 e. The van der Waals surface area contributed by atoms with E-state index < -0.39 is 5.97 Å². The largest absolute Gasteiger partial charge is 0.481 e. The van der Waals surface area contributed by atoms with E-state index in [0.29, 0.717) is 6.54 Å². The van der Waals surface area contributed by atoms with Gasteiger partial charge in [-0.15, -0.1) is 11.3 Å². The lowest BCUT2D eigenvalue weighted by atomic mass is 10.0. The first-order chi connectivity index (χ1) is 13.2. The van der Waals surface area contributed by atoms with Gasteiger partial charge in [-0.2, -0.15) is 0 Å². The SMILES string of the molecule is NCCCCc1c(-c2cc3ccccc3s2)[nH]c2ccc(CC(=O)O)cc12. The molecule has 0 saturated heterocycles. The third kappa shape index (κ3) is 3.61. The van der Waals surface area contributed by atoms with Gasteiger partial charge < -0.3 is 15.8 Å². The van der Waals surface area contributed by atoms with Crippen LogP contribution >= 0.6 is 11.3 Å². The van der Waals surface area contributed by atoms with Crippen molar-refractivity contribution in [2.24, 2.45) is 5.73 Å². The van der Waals surface area contributed by atoms with Gasteiger partial charge in [0, 0.05) is 15.6 Å². The lowest BCUT2D eigenvalue weighted by Gasteiger charge is -2.04. The summed E-state index contributed by atoms with van der Waals surface area (Å²) in [5.41, 5.74) is 9.98. The molecule has 4 nitrogen and oxygen atoms in total. The molecule has 0 atom stereocenters. The fourth-order valence-electron chi connectivity index (χ4n) is 3.60. The number of rotatable bonds is 7.